The number of nitrogens with zero attached hydrogens (tertiary/aromatic N) is 1. The average molecular weight is 567 g/mol. The molecule has 1 unspecified atom stereocenters. The maximum Gasteiger partial charge on any atom is 0.243 e. The van der Waals surface area contributed by atoms with Crippen LogP contribution in [0.5, 0.6) is 17.2 Å². The summed E-state index contributed by atoms with van der Waals surface area (Å²) < 4.78 is 16.1. The average Bonchev–Trinajstić information content (AvgIpc) is 3.03. The first-order chi connectivity index (χ1) is 20.4. The van der Waals surface area contributed by atoms with Crippen LogP contribution in [0.2, 0.25) is 0 Å². The predicted molar refractivity (Wildman–Crippen MR) is 164 cm³/mol. The summed E-state index contributed by atoms with van der Waals surface area (Å²) >= 11 is 0. The molecule has 0 saturated carbocycles. The van der Waals surface area contributed by atoms with Gasteiger partial charge in [0.05, 0.1) is 27.8 Å². The summed E-state index contributed by atoms with van der Waals surface area (Å²) in [4.78, 5) is 29.7. The number of carbonyl (C=O) groups excluding carboxylic acids is 2. The fourth-order valence-corrected chi connectivity index (χ4v) is 4.76. The number of rotatable bonds is 13. The van der Waals surface area contributed by atoms with Gasteiger partial charge in [0.15, 0.2) is 11.5 Å². The number of nitrogens with one attached hydrogen (secondary N) is 1. The van der Waals surface area contributed by atoms with Crippen molar-refractivity contribution in [3.8, 4) is 17.2 Å². The Morgan fingerprint density at radius 2 is 1.36 bits per heavy atom. The van der Waals surface area contributed by atoms with Crippen LogP contribution in [0, 0.1) is 6.92 Å². The van der Waals surface area contributed by atoms with Crippen molar-refractivity contribution in [3.63, 3.8) is 0 Å². The van der Waals surface area contributed by atoms with Crippen LogP contribution in [0.15, 0.2) is 97.1 Å². The third-order valence-corrected chi connectivity index (χ3v) is 7.17. The summed E-state index contributed by atoms with van der Waals surface area (Å²) in [5.41, 5.74) is 4.76. The van der Waals surface area contributed by atoms with E-state index in [1.807, 2.05) is 91.9 Å². The van der Waals surface area contributed by atoms with Gasteiger partial charge >= 0.3 is 0 Å². The molecule has 0 fully saturated rings. The van der Waals surface area contributed by atoms with E-state index in [-0.39, 0.29) is 24.8 Å². The van der Waals surface area contributed by atoms with E-state index in [0.717, 1.165) is 33.6 Å². The Morgan fingerprint density at radius 3 is 2.00 bits per heavy atom. The highest BCUT2D eigenvalue weighted by molar-refractivity contribution is 5.89. The first kappa shape index (κ1) is 30.2. The normalized spacial score (nSPS) is 11.3. The van der Waals surface area contributed by atoms with Crippen molar-refractivity contribution >= 4 is 11.8 Å². The zero-order valence-corrected chi connectivity index (χ0v) is 24.6. The lowest BCUT2D eigenvalue weighted by molar-refractivity contribution is -0.140. The molecule has 0 aliphatic carbocycles. The van der Waals surface area contributed by atoms with E-state index in [9.17, 15) is 9.59 Å². The highest BCUT2D eigenvalue weighted by Crippen LogP contribution is 2.28. The van der Waals surface area contributed by atoms with Gasteiger partial charge in [0, 0.05) is 19.5 Å². The minimum atomic E-state index is -0.743. The van der Waals surface area contributed by atoms with E-state index in [2.05, 4.69) is 5.32 Å². The summed E-state index contributed by atoms with van der Waals surface area (Å²) in [6.07, 6.45) is 0.460. The molecule has 0 spiro atoms. The molecule has 0 aliphatic heterocycles. The smallest absolute Gasteiger partial charge is 0.243 e. The van der Waals surface area contributed by atoms with Crippen LogP contribution in [0.3, 0.4) is 0 Å². The number of amides is 2. The Bertz CT molecular complexity index is 1450. The van der Waals surface area contributed by atoms with E-state index in [0.29, 0.717) is 24.5 Å². The van der Waals surface area contributed by atoms with Gasteiger partial charge in [-0.2, -0.15) is 0 Å². The standard InChI is InChI=1S/C35H38N2O5/c1-25-10-12-27(13-11-25)23-36-35(39)31(20-26-8-6-5-7-9-26)37(24-28-14-17-30(40-2)18-15-28)34(38)22-29-16-19-32(41-3)33(21-29)42-4/h5-19,21,31H,20,22-24H2,1-4H3,(H,36,39). The molecule has 4 aromatic carbocycles. The van der Waals surface area contributed by atoms with Gasteiger partial charge in [0.1, 0.15) is 11.8 Å². The van der Waals surface area contributed by atoms with Crippen molar-refractivity contribution in [1.29, 1.82) is 0 Å². The number of carbonyl (C=O) groups is 2. The van der Waals surface area contributed by atoms with E-state index in [1.54, 1.807) is 38.4 Å². The highest BCUT2D eigenvalue weighted by Gasteiger charge is 2.30. The molecule has 218 valence electrons. The summed E-state index contributed by atoms with van der Waals surface area (Å²) in [5, 5.41) is 3.09. The SMILES string of the molecule is COc1ccc(CN(C(=O)Cc2ccc(OC)c(OC)c2)C(Cc2ccccc2)C(=O)NCc2ccc(C)cc2)cc1. The molecular formula is C35H38N2O5. The number of benzene rings is 4. The first-order valence-electron chi connectivity index (χ1n) is 13.9. The van der Waals surface area contributed by atoms with Crippen LogP contribution in [0.4, 0.5) is 0 Å². The Balaban J connectivity index is 1.66. The maximum absolute atomic E-state index is 14.1. The Kier molecular flexibility index (Phi) is 10.6. The Hall–Kier alpha value is -4.78. The molecule has 1 atom stereocenters. The van der Waals surface area contributed by atoms with Gasteiger partial charge in [-0.15, -0.1) is 0 Å². The maximum atomic E-state index is 14.1. The second-order valence-corrected chi connectivity index (χ2v) is 10.1. The topological polar surface area (TPSA) is 77.1 Å². The fraction of sp³-hybridized carbons (Fsp3) is 0.257. The van der Waals surface area contributed by atoms with E-state index < -0.39 is 6.04 Å². The van der Waals surface area contributed by atoms with Crippen LogP contribution in [0.25, 0.3) is 0 Å². The lowest BCUT2D eigenvalue weighted by atomic mass is 10.0. The number of hydrogen-bond acceptors (Lipinski definition) is 5. The van der Waals surface area contributed by atoms with E-state index >= 15 is 0 Å². The third-order valence-electron chi connectivity index (χ3n) is 7.17. The first-order valence-corrected chi connectivity index (χ1v) is 13.9. The van der Waals surface area contributed by atoms with Crippen LogP contribution >= 0.6 is 0 Å². The molecule has 0 bridgehead atoms. The van der Waals surface area contributed by atoms with Crippen molar-refractivity contribution in [2.45, 2.75) is 38.9 Å². The van der Waals surface area contributed by atoms with Crippen LogP contribution in [0.1, 0.15) is 27.8 Å². The van der Waals surface area contributed by atoms with Crippen molar-refractivity contribution in [3.05, 3.63) is 125 Å². The number of methoxy groups -OCH3 is 3. The predicted octanol–water partition coefficient (Wildman–Crippen LogP) is 5.52. The molecule has 0 radical (unpaired) electrons. The number of ether oxygens (including phenoxy) is 3. The van der Waals surface area contributed by atoms with Gasteiger partial charge in [-0.1, -0.05) is 78.4 Å². The van der Waals surface area contributed by atoms with E-state index in [4.69, 9.17) is 14.2 Å². The van der Waals surface area contributed by atoms with Gasteiger partial charge in [-0.3, -0.25) is 9.59 Å². The molecule has 7 nitrogen and oxygen atoms in total. The van der Waals surface area contributed by atoms with Crippen LogP contribution in [-0.2, 0) is 35.5 Å². The molecule has 7 heteroatoms. The minimum absolute atomic E-state index is 0.0903. The van der Waals surface area contributed by atoms with Gasteiger partial charge in [0.2, 0.25) is 11.8 Å². The van der Waals surface area contributed by atoms with Gasteiger partial charge in [-0.05, 0) is 53.4 Å². The fourth-order valence-electron chi connectivity index (χ4n) is 4.76. The highest BCUT2D eigenvalue weighted by atomic mass is 16.5. The minimum Gasteiger partial charge on any atom is -0.497 e. The lowest BCUT2D eigenvalue weighted by Crippen LogP contribution is -2.50. The summed E-state index contributed by atoms with van der Waals surface area (Å²) in [7, 11) is 4.75. The molecule has 1 N–H and O–H groups in total. The molecule has 2 amide bonds. The number of aryl methyl sites for hydroxylation is 1. The van der Waals surface area contributed by atoms with Crippen LogP contribution < -0.4 is 19.5 Å². The quantitative estimate of drug-likeness (QED) is 0.231. The summed E-state index contributed by atoms with van der Waals surface area (Å²) in [6, 6.07) is 30.0. The zero-order chi connectivity index (χ0) is 29.9. The van der Waals surface area contributed by atoms with Gasteiger partial charge < -0.3 is 24.4 Å². The second kappa shape index (κ2) is 14.7. The van der Waals surface area contributed by atoms with Crippen molar-refractivity contribution in [1.82, 2.24) is 10.2 Å². The summed E-state index contributed by atoms with van der Waals surface area (Å²) in [6.45, 7) is 2.65. The molecule has 0 saturated heterocycles. The molecule has 0 aliphatic rings. The molecule has 0 aromatic heterocycles. The molecule has 0 heterocycles. The summed E-state index contributed by atoms with van der Waals surface area (Å²) in [5.74, 6) is 1.46. The lowest BCUT2D eigenvalue weighted by Gasteiger charge is -2.32. The van der Waals surface area contributed by atoms with Crippen molar-refractivity contribution in [2.75, 3.05) is 21.3 Å². The third kappa shape index (κ3) is 8.13. The van der Waals surface area contributed by atoms with Gasteiger partial charge in [0.25, 0.3) is 0 Å². The Morgan fingerprint density at radius 1 is 0.714 bits per heavy atom. The monoisotopic (exact) mass is 566 g/mol. The second-order valence-electron chi connectivity index (χ2n) is 10.1. The largest absolute Gasteiger partial charge is 0.497 e. The zero-order valence-electron chi connectivity index (χ0n) is 24.6. The molecule has 4 aromatic rings. The van der Waals surface area contributed by atoms with Crippen molar-refractivity contribution in [2.24, 2.45) is 0 Å². The van der Waals surface area contributed by atoms with Crippen LogP contribution in [-0.4, -0.2) is 44.1 Å². The molecule has 4 rings (SSSR count). The van der Waals surface area contributed by atoms with Gasteiger partial charge in [-0.25, -0.2) is 0 Å². The van der Waals surface area contributed by atoms with E-state index in [1.165, 1.54) is 0 Å². The molecular weight excluding hydrogens is 528 g/mol. The Labute approximate surface area is 248 Å². The molecule has 42 heavy (non-hydrogen) atoms. The van der Waals surface area contributed by atoms with Crippen molar-refractivity contribution < 1.29 is 23.8 Å². The number of hydrogen-bond donors (Lipinski definition) is 1.